The third kappa shape index (κ3) is 4.52. The summed E-state index contributed by atoms with van der Waals surface area (Å²) in [6.07, 6.45) is 0. The van der Waals surface area contributed by atoms with Crippen molar-refractivity contribution in [3.63, 3.8) is 0 Å². The molecule has 0 atom stereocenters. The van der Waals surface area contributed by atoms with Gasteiger partial charge in [0.2, 0.25) is 5.91 Å². The third-order valence-corrected chi connectivity index (χ3v) is 4.80. The van der Waals surface area contributed by atoms with Crippen LogP contribution in [-0.2, 0) is 10.2 Å². The highest BCUT2D eigenvalue weighted by Gasteiger charge is 2.28. The van der Waals surface area contributed by atoms with Gasteiger partial charge in [-0.15, -0.1) is 11.8 Å². The molecule has 1 amide bonds. The number of halogens is 1. The zero-order valence-corrected chi connectivity index (χ0v) is 14.4. The molecule has 0 spiro atoms. The number of rotatable bonds is 6. The SMILES string of the molecule is CC(C)(C(=O)NCCSc1ccc(Cl)cc1)c1ccccc1. The Morgan fingerprint density at radius 2 is 1.73 bits per heavy atom. The highest BCUT2D eigenvalue weighted by atomic mass is 35.5. The van der Waals surface area contributed by atoms with E-state index in [0.29, 0.717) is 6.54 Å². The fourth-order valence-electron chi connectivity index (χ4n) is 2.07. The Morgan fingerprint density at radius 3 is 2.36 bits per heavy atom. The van der Waals surface area contributed by atoms with Gasteiger partial charge in [0.1, 0.15) is 0 Å². The molecule has 0 saturated carbocycles. The van der Waals surface area contributed by atoms with Crippen LogP contribution in [0.3, 0.4) is 0 Å². The number of carbonyl (C=O) groups excluding carboxylic acids is 1. The monoisotopic (exact) mass is 333 g/mol. The van der Waals surface area contributed by atoms with Gasteiger partial charge >= 0.3 is 0 Å². The van der Waals surface area contributed by atoms with Gasteiger partial charge in [-0.1, -0.05) is 41.9 Å². The van der Waals surface area contributed by atoms with Gasteiger partial charge in [0.15, 0.2) is 0 Å². The smallest absolute Gasteiger partial charge is 0.230 e. The van der Waals surface area contributed by atoms with Crippen molar-refractivity contribution in [2.45, 2.75) is 24.2 Å². The lowest BCUT2D eigenvalue weighted by molar-refractivity contribution is -0.125. The highest BCUT2D eigenvalue weighted by molar-refractivity contribution is 7.99. The number of amides is 1. The minimum absolute atomic E-state index is 0.0513. The van der Waals surface area contributed by atoms with E-state index < -0.39 is 5.41 Å². The van der Waals surface area contributed by atoms with Gasteiger partial charge in [0.05, 0.1) is 5.41 Å². The van der Waals surface area contributed by atoms with Crippen LogP contribution in [0.5, 0.6) is 0 Å². The molecule has 0 fully saturated rings. The first-order chi connectivity index (χ1) is 10.5. The second kappa shape index (κ2) is 7.70. The molecule has 0 aliphatic heterocycles. The van der Waals surface area contributed by atoms with E-state index in [4.69, 9.17) is 11.6 Å². The van der Waals surface area contributed by atoms with Crippen molar-refractivity contribution in [3.8, 4) is 0 Å². The van der Waals surface area contributed by atoms with Gasteiger partial charge < -0.3 is 5.32 Å². The Kier molecular flexibility index (Phi) is 5.92. The van der Waals surface area contributed by atoms with E-state index in [0.717, 1.165) is 21.2 Å². The first kappa shape index (κ1) is 16.9. The summed E-state index contributed by atoms with van der Waals surface area (Å²) < 4.78 is 0. The Hall–Kier alpha value is -1.45. The molecule has 0 bridgehead atoms. The Bertz CT molecular complexity index is 611. The molecule has 0 saturated heterocycles. The van der Waals surface area contributed by atoms with E-state index >= 15 is 0 Å². The lowest BCUT2D eigenvalue weighted by Crippen LogP contribution is -2.40. The topological polar surface area (TPSA) is 29.1 Å². The number of hydrogen-bond acceptors (Lipinski definition) is 2. The molecule has 1 N–H and O–H groups in total. The van der Waals surface area contributed by atoms with Gasteiger partial charge in [-0.25, -0.2) is 0 Å². The molecule has 22 heavy (non-hydrogen) atoms. The predicted molar refractivity (Wildman–Crippen MR) is 94.7 cm³/mol. The first-order valence-electron chi connectivity index (χ1n) is 7.22. The molecule has 2 aromatic rings. The van der Waals surface area contributed by atoms with Crippen molar-refractivity contribution in [1.82, 2.24) is 5.32 Å². The van der Waals surface area contributed by atoms with Crippen LogP contribution in [-0.4, -0.2) is 18.2 Å². The largest absolute Gasteiger partial charge is 0.355 e. The standard InChI is InChI=1S/C18H20ClNOS/c1-18(2,14-6-4-3-5-7-14)17(21)20-12-13-22-16-10-8-15(19)9-11-16/h3-11H,12-13H2,1-2H3,(H,20,21). The summed E-state index contributed by atoms with van der Waals surface area (Å²) in [7, 11) is 0. The van der Waals surface area contributed by atoms with Gasteiger partial charge in [0, 0.05) is 22.2 Å². The minimum Gasteiger partial charge on any atom is -0.355 e. The molecular formula is C18H20ClNOS. The molecule has 2 nitrogen and oxygen atoms in total. The van der Waals surface area contributed by atoms with Crippen LogP contribution in [0.25, 0.3) is 0 Å². The number of benzene rings is 2. The fraction of sp³-hybridized carbons (Fsp3) is 0.278. The van der Waals surface area contributed by atoms with Gasteiger partial charge in [-0.2, -0.15) is 0 Å². The van der Waals surface area contributed by atoms with Crippen molar-refractivity contribution in [2.24, 2.45) is 0 Å². The van der Waals surface area contributed by atoms with Crippen LogP contribution in [0, 0.1) is 0 Å². The number of thioether (sulfide) groups is 1. The summed E-state index contributed by atoms with van der Waals surface area (Å²) in [5, 5.41) is 3.76. The molecule has 2 rings (SSSR count). The molecule has 116 valence electrons. The molecule has 0 unspecified atom stereocenters. The summed E-state index contributed by atoms with van der Waals surface area (Å²) in [6, 6.07) is 17.6. The summed E-state index contributed by atoms with van der Waals surface area (Å²) in [4.78, 5) is 13.5. The molecule has 0 aliphatic rings. The van der Waals surface area contributed by atoms with Crippen LogP contribution in [0.2, 0.25) is 5.02 Å². The van der Waals surface area contributed by atoms with Crippen LogP contribution in [0.15, 0.2) is 59.5 Å². The Labute approximate surface area is 141 Å². The van der Waals surface area contributed by atoms with Crippen molar-refractivity contribution in [1.29, 1.82) is 0 Å². The van der Waals surface area contributed by atoms with Crippen molar-refractivity contribution < 1.29 is 4.79 Å². The maximum Gasteiger partial charge on any atom is 0.230 e. The van der Waals surface area contributed by atoms with E-state index in [1.54, 1.807) is 11.8 Å². The number of hydrogen-bond donors (Lipinski definition) is 1. The fourth-order valence-corrected chi connectivity index (χ4v) is 2.97. The molecule has 0 heterocycles. The lowest BCUT2D eigenvalue weighted by Gasteiger charge is -2.24. The molecule has 0 aromatic heterocycles. The van der Waals surface area contributed by atoms with E-state index in [-0.39, 0.29) is 5.91 Å². The summed E-state index contributed by atoms with van der Waals surface area (Å²) in [5.74, 6) is 0.883. The number of nitrogens with one attached hydrogen (secondary N) is 1. The van der Waals surface area contributed by atoms with Gasteiger partial charge in [0.25, 0.3) is 0 Å². The van der Waals surface area contributed by atoms with Crippen molar-refractivity contribution in [2.75, 3.05) is 12.3 Å². The van der Waals surface area contributed by atoms with Crippen LogP contribution in [0.1, 0.15) is 19.4 Å². The van der Waals surface area contributed by atoms with E-state index in [1.165, 1.54) is 0 Å². The molecule has 0 radical (unpaired) electrons. The van der Waals surface area contributed by atoms with E-state index in [1.807, 2.05) is 68.4 Å². The molecule has 0 aliphatic carbocycles. The summed E-state index contributed by atoms with van der Waals surface area (Å²) >= 11 is 7.56. The number of carbonyl (C=O) groups is 1. The Morgan fingerprint density at radius 1 is 1.09 bits per heavy atom. The zero-order chi connectivity index (χ0) is 16.0. The summed E-state index contributed by atoms with van der Waals surface area (Å²) in [6.45, 7) is 4.54. The van der Waals surface area contributed by atoms with Crippen LogP contribution < -0.4 is 5.32 Å². The van der Waals surface area contributed by atoms with E-state index in [9.17, 15) is 4.79 Å². The van der Waals surface area contributed by atoms with Gasteiger partial charge in [-0.3, -0.25) is 4.79 Å². The van der Waals surface area contributed by atoms with Crippen molar-refractivity contribution >= 4 is 29.3 Å². The van der Waals surface area contributed by atoms with Crippen LogP contribution >= 0.6 is 23.4 Å². The average molecular weight is 334 g/mol. The maximum absolute atomic E-state index is 12.4. The average Bonchev–Trinajstić information content (AvgIpc) is 2.54. The predicted octanol–water partition coefficient (Wildman–Crippen LogP) is 4.53. The zero-order valence-electron chi connectivity index (χ0n) is 12.8. The second-order valence-corrected chi connectivity index (χ2v) is 7.15. The maximum atomic E-state index is 12.4. The normalized spacial score (nSPS) is 11.2. The van der Waals surface area contributed by atoms with Crippen molar-refractivity contribution in [3.05, 3.63) is 65.2 Å². The molecule has 2 aromatic carbocycles. The second-order valence-electron chi connectivity index (χ2n) is 5.55. The quantitative estimate of drug-likeness (QED) is 0.621. The van der Waals surface area contributed by atoms with Gasteiger partial charge in [-0.05, 0) is 43.7 Å². The first-order valence-corrected chi connectivity index (χ1v) is 8.59. The highest BCUT2D eigenvalue weighted by Crippen LogP contribution is 2.23. The molecule has 4 heteroatoms. The van der Waals surface area contributed by atoms with E-state index in [2.05, 4.69) is 5.32 Å². The third-order valence-electron chi connectivity index (χ3n) is 3.53. The minimum atomic E-state index is -0.522. The lowest BCUT2D eigenvalue weighted by atomic mass is 9.84. The summed E-state index contributed by atoms with van der Waals surface area (Å²) in [5.41, 5.74) is 0.504. The van der Waals surface area contributed by atoms with Crippen LogP contribution in [0.4, 0.5) is 0 Å². The Balaban J connectivity index is 1.81. The molecular weight excluding hydrogens is 314 g/mol.